The summed E-state index contributed by atoms with van der Waals surface area (Å²) in [7, 11) is 0. The highest BCUT2D eigenvalue weighted by molar-refractivity contribution is 5.90. The summed E-state index contributed by atoms with van der Waals surface area (Å²) >= 11 is 0. The average Bonchev–Trinajstić information content (AvgIpc) is 2.45. The summed E-state index contributed by atoms with van der Waals surface area (Å²) in [5.41, 5.74) is 0. The Labute approximate surface area is 125 Å². The van der Waals surface area contributed by atoms with Crippen LogP contribution in [-0.4, -0.2) is 49.8 Å². The molecule has 0 saturated heterocycles. The molecule has 10 nitrogen and oxygen atoms in total. The van der Waals surface area contributed by atoms with Crippen LogP contribution in [0.25, 0.3) is 0 Å². The molecule has 22 heavy (non-hydrogen) atoms. The van der Waals surface area contributed by atoms with E-state index in [1.165, 1.54) is 0 Å². The van der Waals surface area contributed by atoms with Crippen LogP contribution in [0, 0.1) is 0 Å². The molecule has 2 N–H and O–H groups in total. The van der Waals surface area contributed by atoms with Crippen molar-refractivity contribution < 1.29 is 38.2 Å². The van der Waals surface area contributed by atoms with E-state index in [1.54, 1.807) is 0 Å². The van der Waals surface area contributed by atoms with Crippen molar-refractivity contribution in [2.24, 2.45) is 0 Å². The van der Waals surface area contributed by atoms with Crippen LogP contribution in [0.3, 0.4) is 0 Å². The van der Waals surface area contributed by atoms with Crippen LogP contribution >= 0.6 is 0 Å². The summed E-state index contributed by atoms with van der Waals surface area (Å²) in [6, 6.07) is 0. The normalized spacial score (nSPS) is 9.27. The fraction of sp³-hybridized carbons (Fsp3) is 0.500. The van der Waals surface area contributed by atoms with Crippen LogP contribution in [-0.2, 0) is 38.2 Å². The maximum absolute atomic E-state index is 11.2. The molecule has 0 heterocycles. The molecule has 0 saturated carbocycles. The molecule has 2 amide bonds. The monoisotopic (exact) mass is 316 g/mol. The van der Waals surface area contributed by atoms with Gasteiger partial charge in [0.15, 0.2) is 0 Å². The second kappa shape index (κ2) is 12.0. The quantitative estimate of drug-likeness (QED) is 0.196. The Morgan fingerprint density at radius 2 is 0.955 bits per heavy atom. The minimum absolute atomic E-state index is 0.0288. The van der Waals surface area contributed by atoms with Crippen molar-refractivity contribution in [1.82, 2.24) is 10.6 Å². The second-order valence-electron chi connectivity index (χ2n) is 3.84. The van der Waals surface area contributed by atoms with Gasteiger partial charge in [0.25, 0.3) is 0 Å². The number of ether oxygens (including phenoxy) is 2. The van der Waals surface area contributed by atoms with Crippen molar-refractivity contribution in [3.05, 3.63) is 0 Å². The Hall–Kier alpha value is -2.78. The lowest BCUT2D eigenvalue weighted by Crippen LogP contribution is -2.21. The number of hydrogen-bond acceptors (Lipinski definition) is 8. The number of carbonyl (C=O) groups excluding carboxylic acids is 6. The lowest BCUT2D eigenvalue weighted by Gasteiger charge is -2.04. The van der Waals surface area contributed by atoms with E-state index in [0.717, 1.165) is 0 Å². The van der Waals surface area contributed by atoms with Crippen LogP contribution in [0.15, 0.2) is 0 Å². The van der Waals surface area contributed by atoms with Crippen molar-refractivity contribution >= 4 is 36.7 Å². The van der Waals surface area contributed by atoms with Gasteiger partial charge in [0, 0.05) is 13.1 Å². The molecule has 0 fully saturated rings. The van der Waals surface area contributed by atoms with Crippen LogP contribution in [0.1, 0.15) is 25.7 Å². The largest absolute Gasteiger partial charge is 0.393 e. The molecular weight excluding hydrogens is 300 g/mol. The smallest absolute Gasteiger partial charge is 0.315 e. The highest BCUT2D eigenvalue weighted by atomic mass is 16.6. The Bertz CT molecular complexity index is 395. The van der Waals surface area contributed by atoms with E-state index >= 15 is 0 Å². The SMILES string of the molecule is O=CNCCC(=O)OC(=O)CCC(=O)OC(=O)CCNC=O. The molecule has 0 aliphatic rings. The number of esters is 4. The fourth-order valence-electron chi connectivity index (χ4n) is 1.13. The van der Waals surface area contributed by atoms with Gasteiger partial charge in [0.05, 0.1) is 25.7 Å². The lowest BCUT2D eigenvalue weighted by molar-refractivity contribution is -0.165. The number of carbonyl (C=O) groups is 6. The molecular formula is C12H16N2O8. The summed E-state index contributed by atoms with van der Waals surface area (Å²) in [4.78, 5) is 64.5. The summed E-state index contributed by atoms with van der Waals surface area (Å²) in [6.45, 7) is 0.0575. The van der Waals surface area contributed by atoms with Crippen molar-refractivity contribution in [3.63, 3.8) is 0 Å². The van der Waals surface area contributed by atoms with Gasteiger partial charge in [-0.25, -0.2) is 0 Å². The third-order valence-electron chi connectivity index (χ3n) is 2.10. The van der Waals surface area contributed by atoms with E-state index in [-0.39, 0.29) is 25.9 Å². The summed E-state index contributed by atoms with van der Waals surface area (Å²) in [5, 5.41) is 4.43. The minimum Gasteiger partial charge on any atom is -0.393 e. The number of rotatable bonds is 11. The number of nitrogens with one attached hydrogen (secondary N) is 2. The molecule has 0 radical (unpaired) electrons. The van der Waals surface area contributed by atoms with Gasteiger partial charge in [-0.3, -0.25) is 28.8 Å². The van der Waals surface area contributed by atoms with Gasteiger partial charge >= 0.3 is 23.9 Å². The van der Waals surface area contributed by atoms with Gasteiger partial charge in [-0.2, -0.15) is 0 Å². The van der Waals surface area contributed by atoms with Gasteiger partial charge in [-0.05, 0) is 0 Å². The summed E-state index contributed by atoms with van der Waals surface area (Å²) < 4.78 is 8.71. The molecule has 0 aromatic heterocycles. The molecule has 0 aromatic rings. The van der Waals surface area contributed by atoms with Crippen LogP contribution < -0.4 is 10.6 Å². The third-order valence-corrected chi connectivity index (χ3v) is 2.10. The van der Waals surface area contributed by atoms with Gasteiger partial charge < -0.3 is 20.1 Å². The van der Waals surface area contributed by atoms with E-state index in [9.17, 15) is 28.8 Å². The molecule has 0 unspecified atom stereocenters. The molecule has 0 atom stereocenters. The molecule has 0 aromatic carbocycles. The average molecular weight is 316 g/mol. The van der Waals surface area contributed by atoms with Crippen molar-refractivity contribution in [2.75, 3.05) is 13.1 Å². The van der Waals surface area contributed by atoms with Gasteiger partial charge in [-0.1, -0.05) is 0 Å². The van der Waals surface area contributed by atoms with Gasteiger partial charge in [0.2, 0.25) is 12.8 Å². The van der Waals surface area contributed by atoms with Gasteiger partial charge in [-0.15, -0.1) is 0 Å². The molecule has 0 bridgehead atoms. The first kappa shape index (κ1) is 19.2. The van der Waals surface area contributed by atoms with Crippen molar-refractivity contribution in [1.29, 1.82) is 0 Å². The first-order chi connectivity index (χ1) is 10.5. The first-order valence-corrected chi connectivity index (χ1v) is 6.30. The molecule has 122 valence electrons. The zero-order chi connectivity index (χ0) is 16.8. The highest BCUT2D eigenvalue weighted by Gasteiger charge is 2.15. The zero-order valence-corrected chi connectivity index (χ0v) is 11.7. The van der Waals surface area contributed by atoms with Crippen LogP contribution in [0.4, 0.5) is 0 Å². The highest BCUT2D eigenvalue weighted by Crippen LogP contribution is 1.99. The number of hydrogen-bond donors (Lipinski definition) is 2. The first-order valence-electron chi connectivity index (χ1n) is 6.30. The van der Waals surface area contributed by atoms with Gasteiger partial charge in [0.1, 0.15) is 0 Å². The molecule has 0 aliphatic heterocycles. The van der Waals surface area contributed by atoms with Crippen LogP contribution in [0.2, 0.25) is 0 Å². The maximum Gasteiger partial charge on any atom is 0.315 e. The van der Waals surface area contributed by atoms with E-state index in [2.05, 4.69) is 20.1 Å². The second-order valence-corrected chi connectivity index (χ2v) is 3.84. The lowest BCUT2D eigenvalue weighted by atomic mass is 10.3. The minimum atomic E-state index is -0.942. The predicted octanol–water partition coefficient (Wildman–Crippen LogP) is -1.82. The van der Waals surface area contributed by atoms with E-state index in [0.29, 0.717) is 12.8 Å². The Kier molecular flexibility index (Phi) is 10.5. The molecule has 0 aliphatic carbocycles. The van der Waals surface area contributed by atoms with Crippen LogP contribution in [0.5, 0.6) is 0 Å². The zero-order valence-electron chi connectivity index (χ0n) is 11.7. The van der Waals surface area contributed by atoms with Crippen molar-refractivity contribution in [3.8, 4) is 0 Å². The third kappa shape index (κ3) is 11.1. The Morgan fingerprint density at radius 3 is 1.27 bits per heavy atom. The summed E-state index contributed by atoms with van der Waals surface area (Å²) in [6.07, 6.45) is -0.426. The summed E-state index contributed by atoms with van der Waals surface area (Å²) in [5.74, 6) is -3.57. The molecule has 0 spiro atoms. The van der Waals surface area contributed by atoms with E-state index in [1.807, 2.05) is 0 Å². The maximum atomic E-state index is 11.2. The van der Waals surface area contributed by atoms with E-state index < -0.39 is 36.7 Å². The predicted molar refractivity (Wildman–Crippen MR) is 68.8 cm³/mol. The standard InChI is InChI=1S/C12H16N2O8/c15-7-13-5-3-11(19)21-9(17)1-2-10(18)22-12(20)4-6-14-8-16/h7-8H,1-6H2,(H,13,15)(H,14,16). The topological polar surface area (TPSA) is 145 Å². The number of amides is 2. The molecule has 10 heteroatoms. The molecule has 0 rings (SSSR count). The van der Waals surface area contributed by atoms with E-state index in [4.69, 9.17) is 0 Å². The van der Waals surface area contributed by atoms with Crippen molar-refractivity contribution in [2.45, 2.75) is 25.7 Å². The fourth-order valence-corrected chi connectivity index (χ4v) is 1.13. The Morgan fingerprint density at radius 1 is 0.636 bits per heavy atom. The Balaban J connectivity index is 3.82.